The van der Waals surface area contributed by atoms with Crippen LogP contribution in [0.5, 0.6) is 28.7 Å². The molecule has 0 amide bonds. The van der Waals surface area contributed by atoms with Crippen molar-refractivity contribution in [3.8, 4) is 28.7 Å². The summed E-state index contributed by atoms with van der Waals surface area (Å²) in [6.07, 6.45) is 5.20. The van der Waals surface area contributed by atoms with Crippen molar-refractivity contribution in [1.29, 1.82) is 0 Å². The number of benzene rings is 2. The van der Waals surface area contributed by atoms with Gasteiger partial charge < -0.3 is 28.8 Å². The first-order chi connectivity index (χ1) is 17.7. The molecule has 1 aliphatic rings. The Labute approximate surface area is 222 Å². The topological polar surface area (TPSA) is 66.4 Å². The second-order valence-electron chi connectivity index (χ2n) is 10.5. The molecule has 6 nitrogen and oxygen atoms in total. The molecule has 5 atom stereocenters. The number of allylic oxidation sites excluding steroid dienone is 1. The first-order valence-corrected chi connectivity index (χ1v) is 13.3. The van der Waals surface area contributed by atoms with Crippen LogP contribution in [0.1, 0.15) is 64.2 Å². The second-order valence-corrected chi connectivity index (χ2v) is 10.5. The van der Waals surface area contributed by atoms with E-state index in [1.807, 2.05) is 37.3 Å². The first-order valence-electron chi connectivity index (χ1n) is 13.3. The van der Waals surface area contributed by atoms with Gasteiger partial charge in [0.05, 0.1) is 27.4 Å². The Balaban J connectivity index is 2.01. The van der Waals surface area contributed by atoms with E-state index in [1.165, 1.54) is 6.42 Å². The number of phenolic OH excluding ortho intramolecular Hbond substituents is 1. The molecule has 0 radical (unpaired) electrons. The van der Waals surface area contributed by atoms with Crippen molar-refractivity contribution in [3.05, 3.63) is 54.1 Å². The number of methoxy groups -OCH3 is 3. The van der Waals surface area contributed by atoms with Gasteiger partial charge in [-0.15, -0.1) is 6.58 Å². The summed E-state index contributed by atoms with van der Waals surface area (Å²) >= 11 is 0. The number of hydrogen-bond acceptors (Lipinski definition) is 6. The lowest BCUT2D eigenvalue weighted by Gasteiger charge is -2.40. The van der Waals surface area contributed by atoms with E-state index < -0.39 is 12.2 Å². The Morgan fingerprint density at radius 1 is 0.973 bits per heavy atom. The third kappa shape index (κ3) is 6.92. The van der Waals surface area contributed by atoms with Crippen molar-refractivity contribution in [2.75, 3.05) is 21.3 Å². The fourth-order valence-corrected chi connectivity index (χ4v) is 5.37. The molecule has 204 valence electrons. The molecule has 1 saturated carbocycles. The summed E-state index contributed by atoms with van der Waals surface area (Å²) in [5.41, 5.74) is 1.90. The number of ether oxygens (including phenoxy) is 5. The minimum Gasteiger partial charge on any atom is -0.504 e. The highest BCUT2D eigenvalue weighted by Crippen LogP contribution is 2.43. The van der Waals surface area contributed by atoms with Gasteiger partial charge in [-0.05, 0) is 79.3 Å². The van der Waals surface area contributed by atoms with Crippen LogP contribution >= 0.6 is 0 Å². The van der Waals surface area contributed by atoms with Crippen LogP contribution in [-0.2, 0) is 11.2 Å². The van der Waals surface area contributed by atoms with Crippen LogP contribution in [0.2, 0.25) is 0 Å². The van der Waals surface area contributed by atoms with Crippen LogP contribution in [0.15, 0.2) is 43.0 Å². The third-order valence-corrected chi connectivity index (χ3v) is 7.45. The van der Waals surface area contributed by atoms with E-state index in [0.717, 1.165) is 24.0 Å². The molecule has 3 rings (SSSR count). The fourth-order valence-electron chi connectivity index (χ4n) is 5.37. The Morgan fingerprint density at radius 3 is 2.19 bits per heavy atom. The predicted molar refractivity (Wildman–Crippen MR) is 147 cm³/mol. The predicted octanol–water partition coefficient (Wildman–Crippen LogP) is 7.13. The highest BCUT2D eigenvalue weighted by molar-refractivity contribution is 5.54. The Kier molecular flexibility index (Phi) is 10.2. The Morgan fingerprint density at radius 2 is 1.62 bits per heavy atom. The largest absolute Gasteiger partial charge is 0.504 e. The molecule has 2 aromatic rings. The molecule has 37 heavy (non-hydrogen) atoms. The highest BCUT2D eigenvalue weighted by Gasteiger charge is 2.36. The van der Waals surface area contributed by atoms with E-state index in [4.69, 9.17) is 23.7 Å². The van der Waals surface area contributed by atoms with Crippen LogP contribution in [0.25, 0.3) is 0 Å². The van der Waals surface area contributed by atoms with Gasteiger partial charge in [0.2, 0.25) is 5.75 Å². The molecule has 6 heteroatoms. The van der Waals surface area contributed by atoms with Gasteiger partial charge in [0.15, 0.2) is 23.0 Å². The van der Waals surface area contributed by atoms with Gasteiger partial charge >= 0.3 is 0 Å². The number of phenols is 1. The fraction of sp³-hybridized carbons (Fsp3) is 0.548. The van der Waals surface area contributed by atoms with E-state index in [1.54, 1.807) is 27.4 Å². The molecule has 0 bridgehead atoms. The minimum absolute atomic E-state index is 0.0889. The molecule has 0 aliphatic heterocycles. The summed E-state index contributed by atoms with van der Waals surface area (Å²) in [7, 11) is 4.80. The Hall–Kier alpha value is -2.86. The maximum atomic E-state index is 10.2. The average Bonchev–Trinajstić information content (AvgIpc) is 2.88. The molecular weight excluding hydrogens is 468 g/mol. The summed E-state index contributed by atoms with van der Waals surface area (Å²) in [4.78, 5) is 0. The summed E-state index contributed by atoms with van der Waals surface area (Å²) in [5, 5.41) is 10.2. The summed E-state index contributed by atoms with van der Waals surface area (Å²) in [6, 6.07) is 9.25. The maximum absolute atomic E-state index is 10.2. The molecule has 0 aromatic heterocycles. The van der Waals surface area contributed by atoms with E-state index in [9.17, 15) is 5.11 Å². The van der Waals surface area contributed by atoms with Crippen molar-refractivity contribution in [2.24, 2.45) is 17.8 Å². The molecule has 1 N–H and O–H groups in total. The quantitative estimate of drug-likeness (QED) is 0.305. The van der Waals surface area contributed by atoms with E-state index in [0.29, 0.717) is 47.2 Å². The van der Waals surface area contributed by atoms with Gasteiger partial charge in [-0.3, -0.25) is 0 Å². The monoisotopic (exact) mass is 512 g/mol. The normalized spacial score (nSPS) is 21.2. The van der Waals surface area contributed by atoms with Crippen LogP contribution in [0, 0.1) is 17.8 Å². The van der Waals surface area contributed by atoms with Gasteiger partial charge in [-0.25, -0.2) is 0 Å². The SMILES string of the molecule is C=CCc1cc(OC)c(OC(C)C(O[C@@H]2C[C@H](C)CC[C@H]2C(C)C)c2ccc(O)c(OC)c2)c(OC)c1. The molecule has 1 aliphatic carbocycles. The van der Waals surface area contributed by atoms with Crippen molar-refractivity contribution in [3.63, 3.8) is 0 Å². The first kappa shape index (κ1) is 28.7. The molecule has 2 unspecified atom stereocenters. The van der Waals surface area contributed by atoms with Gasteiger partial charge in [0, 0.05) is 0 Å². The summed E-state index contributed by atoms with van der Waals surface area (Å²) in [5.74, 6) is 3.79. The lowest BCUT2D eigenvalue weighted by Crippen LogP contribution is -2.38. The standard InChI is InChI=1S/C31H44O6/c1-9-10-22-16-28(34-7)31(29(17-22)35-8)36-21(5)30(23-12-14-25(32)27(18-23)33-6)37-26-15-20(4)11-13-24(26)19(2)3/h9,12,14,16-21,24,26,30,32H,1,10-11,13,15H2,2-8H3/t20-,21?,24+,26-,30?/m1/s1. The van der Waals surface area contributed by atoms with Crippen LogP contribution in [0.3, 0.4) is 0 Å². The summed E-state index contributed by atoms with van der Waals surface area (Å²) < 4.78 is 30.3. The third-order valence-electron chi connectivity index (χ3n) is 7.45. The number of rotatable bonds is 12. The van der Waals surface area contributed by atoms with Gasteiger partial charge in [0.25, 0.3) is 0 Å². The second kappa shape index (κ2) is 13.1. The lowest BCUT2D eigenvalue weighted by atomic mass is 9.75. The zero-order chi connectivity index (χ0) is 27.1. The van der Waals surface area contributed by atoms with E-state index >= 15 is 0 Å². The van der Waals surface area contributed by atoms with E-state index in [2.05, 4.69) is 27.4 Å². The maximum Gasteiger partial charge on any atom is 0.203 e. The zero-order valence-electron chi connectivity index (χ0n) is 23.5. The summed E-state index contributed by atoms with van der Waals surface area (Å²) in [6.45, 7) is 12.7. The van der Waals surface area contributed by atoms with Crippen molar-refractivity contribution in [2.45, 2.75) is 71.7 Å². The average molecular weight is 513 g/mol. The molecule has 0 heterocycles. The van der Waals surface area contributed by atoms with Crippen molar-refractivity contribution < 1.29 is 28.8 Å². The van der Waals surface area contributed by atoms with Gasteiger partial charge in [0.1, 0.15) is 12.2 Å². The Bertz CT molecular complexity index is 1010. The molecule has 0 spiro atoms. The molecule has 1 fully saturated rings. The number of aromatic hydroxyl groups is 1. The molecule has 2 aromatic carbocycles. The van der Waals surface area contributed by atoms with Crippen LogP contribution in [-0.4, -0.2) is 38.6 Å². The minimum atomic E-state index is -0.409. The van der Waals surface area contributed by atoms with E-state index in [-0.39, 0.29) is 11.9 Å². The van der Waals surface area contributed by atoms with Crippen molar-refractivity contribution in [1.82, 2.24) is 0 Å². The lowest BCUT2D eigenvalue weighted by molar-refractivity contribution is -0.114. The van der Waals surface area contributed by atoms with Crippen molar-refractivity contribution >= 4 is 0 Å². The molecule has 0 saturated heterocycles. The van der Waals surface area contributed by atoms with Crippen LogP contribution in [0.4, 0.5) is 0 Å². The van der Waals surface area contributed by atoms with Gasteiger partial charge in [-0.1, -0.05) is 39.3 Å². The smallest absolute Gasteiger partial charge is 0.203 e. The molecular formula is C31H44O6. The highest BCUT2D eigenvalue weighted by atomic mass is 16.6. The zero-order valence-corrected chi connectivity index (χ0v) is 23.5. The van der Waals surface area contributed by atoms with Gasteiger partial charge in [-0.2, -0.15) is 0 Å². The van der Waals surface area contributed by atoms with Crippen LogP contribution < -0.4 is 18.9 Å². The number of hydrogen-bond donors (Lipinski definition) is 1.